The fraction of sp³-hybridized carbons (Fsp3) is 0.294. The van der Waals surface area contributed by atoms with E-state index in [1.807, 2.05) is 12.1 Å². The monoisotopic (exact) mass is 333 g/mol. The van der Waals surface area contributed by atoms with E-state index in [1.165, 1.54) is 36.5 Å². The van der Waals surface area contributed by atoms with Crippen LogP contribution in [0.5, 0.6) is 0 Å². The molecule has 1 aliphatic rings. The van der Waals surface area contributed by atoms with Gasteiger partial charge in [-0.2, -0.15) is 0 Å². The number of nitrogens with one attached hydrogen (secondary N) is 1. The summed E-state index contributed by atoms with van der Waals surface area (Å²) in [5.74, 6) is -0.224. The van der Waals surface area contributed by atoms with E-state index in [1.54, 1.807) is 0 Å². The van der Waals surface area contributed by atoms with Gasteiger partial charge in [0, 0.05) is 11.7 Å². The number of fused-ring (bicyclic) bond motifs is 1. The highest BCUT2D eigenvalue weighted by atomic mass is 79.9. The van der Waals surface area contributed by atoms with Gasteiger partial charge < -0.3 is 5.32 Å². The molecule has 0 spiro atoms. The van der Waals surface area contributed by atoms with Crippen molar-refractivity contribution in [2.75, 3.05) is 5.32 Å². The average Bonchev–Trinajstić information content (AvgIpc) is 2.89. The normalized spacial score (nSPS) is 14.9. The summed E-state index contributed by atoms with van der Waals surface area (Å²) in [6.45, 7) is 2.09. The van der Waals surface area contributed by atoms with E-state index < -0.39 is 0 Å². The van der Waals surface area contributed by atoms with E-state index in [9.17, 15) is 4.39 Å². The highest BCUT2D eigenvalue weighted by Crippen LogP contribution is 2.28. The number of hydrogen-bond acceptors (Lipinski definition) is 1. The first-order valence-corrected chi connectivity index (χ1v) is 7.76. The maximum Gasteiger partial charge on any atom is 0.137 e. The highest BCUT2D eigenvalue weighted by molar-refractivity contribution is 9.10. The molecular formula is C17H17BrFN. The third kappa shape index (κ3) is 2.73. The van der Waals surface area contributed by atoms with Crippen molar-refractivity contribution in [1.29, 1.82) is 0 Å². The Labute approximate surface area is 127 Å². The van der Waals surface area contributed by atoms with Crippen LogP contribution < -0.4 is 5.32 Å². The van der Waals surface area contributed by atoms with Crippen molar-refractivity contribution in [3.8, 4) is 0 Å². The predicted octanol–water partition coefficient (Wildman–Crippen LogP) is 5.25. The maximum atomic E-state index is 13.3. The highest BCUT2D eigenvalue weighted by Gasteiger charge is 2.12. The molecule has 0 saturated carbocycles. The van der Waals surface area contributed by atoms with Gasteiger partial charge in [0.05, 0.1) is 4.47 Å². The molecule has 104 valence electrons. The second-order valence-corrected chi connectivity index (χ2v) is 6.23. The van der Waals surface area contributed by atoms with E-state index in [2.05, 4.69) is 46.4 Å². The summed E-state index contributed by atoms with van der Waals surface area (Å²) >= 11 is 3.24. The van der Waals surface area contributed by atoms with Crippen LogP contribution in [-0.4, -0.2) is 0 Å². The van der Waals surface area contributed by atoms with Crippen molar-refractivity contribution in [2.24, 2.45) is 0 Å². The topological polar surface area (TPSA) is 12.0 Å². The molecule has 2 aromatic rings. The van der Waals surface area contributed by atoms with Gasteiger partial charge in [0.15, 0.2) is 0 Å². The van der Waals surface area contributed by atoms with Crippen molar-refractivity contribution >= 4 is 21.6 Å². The van der Waals surface area contributed by atoms with Crippen LogP contribution in [0, 0.1) is 5.82 Å². The molecule has 1 nitrogen and oxygen atoms in total. The number of hydrogen-bond donors (Lipinski definition) is 1. The van der Waals surface area contributed by atoms with E-state index in [0.717, 1.165) is 11.3 Å². The van der Waals surface area contributed by atoms with Crippen LogP contribution in [0.1, 0.15) is 36.1 Å². The second kappa shape index (κ2) is 5.57. The lowest BCUT2D eigenvalue weighted by molar-refractivity contribution is 0.619. The van der Waals surface area contributed by atoms with E-state index in [4.69, 9.17) is 0 Å². The van der Waals surface area contributed by atoms with Crippen molar-refractivity contribution in [3.05, 3.63) is 63.4 Å². The van der Waals surface area contributed by atoms with Crippen molar-refractivity contribution in [1.82, 2.24) is 0 Å². The summed E-state index contributed by atoms with van der Waals surface area (Å²) in [5.41, 5.74) is 5.15. The quantitative estimate of drug-likeness (QED) is 0.808. The van der Waals surface area contributed by atoms with Gasteiger partial charge in [-0.25, -0.2) is 4.39 Å². The molecule has 0 radical (unpaired) electrons. The van der Waals surface area contributed by atoms with Gasteiger partial charge in [0.25, 0.3) is 0 Å². The molecule has 0 amide bonds. The zero-order chi connectivity index (χ0) is 14.1. The maximum absolute atomic E-state index is 13.3. The van der Waals surface area contributed by atoms with E-state index >= 15 is 0 Å². The molecule has 1 unspecified atom stereocenters. The Morgan fingerprint density at radius 3 is 2.70 bits per heavy atom. The molecule has 0 bridgehead atoms. The number of halogens is 2. The third-order valence-corrected chi connectivity index (χ3v) is 4.53. The fourth-order valence-corrected chi connectivity index (χ4v) is 3.17. The molecular weight excluding hydrogens is 317 g/mol. The molecule has 20 heavy (non-hydrogen) atoms. The lowest BCUT2D eigenvalue weighted by atomic mass is 10.1. The van der Waals surface area contributed by atoms with Crippen LogP contribution in [0.3, 0.4) is 0 Å². The van der Waals surface area contributed by atoms with Gasteiger partial charge in [-0.3, -0.25) is 0 Å². The predicted molar refractivity (Wildman–Crippen MR) is 84.6 cm³/mol. The second-order valence-electron chi connectivity index (χ2n) is 5.38. The molecule has 1 aliphatic carbocycles. The molecule has 0 aliphatic heterocycles. The van der Waals surface area contributed by atoms with Crippen molar-refractivity contribution < 1.29 is 4.39 Å². The van der Waals surface area contributed by atoms with Crippen LogP contribution >= 0.6 is 15.9 Å². The molecule has 2 aromatic carbocycles. The lowest BCUT2D eigenvalue weighted by Crippen LogP contribution is -2.07. The van der Waals surface area contributed by atoms with Crippen LogP contribution in [0.15, 0.2) is 40.9 Å². The summed E-state index contributed by atoms with van der Waals surface area (Å²) in [6, 6.07) is 11.9. The summed E-state index contributed by atoms with van der Waals surface area (Å²) in [4.78, 5) is 0. The van der Waals surface area contributed by atoms with E-state index in [-0.39, 0.29) is 11.9 Å². The minimum atomic E-state index is -0.224. The van der Waals surface area contributed by atoms with Crippen LogP contribution in [0.25, 0.3) is 0 Å². The Balaban J connectivity index is 1.78. The Bertz CT molecular complexity index is 639. The van der Waals surface area contributed by atoms with Crippen molar-refractivity contribution in [2.45, 2.75) is 32.2 Å². The number of rotatable bonds is 3. The summed E-state index contributed by atoms with van der Waals surface area (Å²) in [7, 11) is 0. The standard InChI is InChI=1S/C17H17BrFN/c1-11(13-6-8-17(19)16(18)10-13)20-15-7-5-12-3-2-4-14(12)9-15/h5-11,20H,2-4H2,1H3. The van der Waals surface area contributed by atoms with Crippen molar-refractivity contribution in [3.63, 3.8) is 0 Å². The molecule has 0 saturated heterocycles. The summed E-state index contributed by atoms with van der Waals surface area (Å²) in [5, 5.41) is 3.49. The Hall–Kier alpha value is -1.35. The first-order valence-electron chi connectivity index (χ1n) is 6.97. The first-order chi connectivity index (χ1) is 9.63. The summed E-state index contributed by atoms with van der Waals surface area (Å²) < 4.78 is 13.8. The Kier molecular flexibility index (Phi) is 3.79. The molecule has 3 rings (SSSR count). The SMILES string of the molecule is CC(Nc1ccc2c(c1)CCC2)c1ccc(F)c(Br)c1. The van der Waals surface area contributed by atoms with Gasteiger partial charge in [0.1, 0.15) is 5.82 Å². The van der Waals surface area contributed by atoms with Crippen LogP contribution in [-0.2, 0) is 12.8 Å². The largest absolute Gasteiger partial charge is 0.379 e. The zero-order valence-electron chi connectivity index (χ0n) is 11.4. The number of anilines is 1. The average molecular weight is 334 g/mol. The smallest absolute Gasteiger partial charge is 0.137 e. The lowest BCUT2D eigenvalue weighted by Gasteiger charge is -2.17. The third-order valence-electron chi connectivity index (χ3n) is 3.93. The van der Waals surface area contributed by atoms with E-state index in [0.29, 0.717) is 4.47 Å². The number of aryl methyl sites for hydroxylation is 2. The molecule has 0 fully saturated rings. The molecule has 1 N–H and O–H groups in total. The minimum absolute atomic E-state index is 0.145. The molecule has 0 heterocycles. The van der Waals surface area contributed by atoms with Gasteiger partial charge in [-0.05, 0) is 83.1 Å². The van der Waals surface area contributed by atoms with Gasteiger partial charge in [-0.1, -0.05) is 12.1 Å². The zero-order valence-corrected chi connectivity index (χ0v) is 13.0. The first kappa shape index (κ1) is 13.6. The van der Waals surface area contributed by atoms with Gasteiger partial charge >= 0.3 is 0 Å². The summed E-state index contributed by atoms with van der Waals surface area (Å²) in [6.07, 6.45) is 3.65. The minimum Gasteiger partial charge on any atom is -0.379 e. The molecule has 0 aromatic heterocycles. The molecule has 3 heteroatoms. The fourth-order valence-electron chi connectivity index (χ4n) is 2.78. The Morgan fingerprint density at radius 1 is 1.10 bits per heavy atom. The molecule has 1 atom stereocenters. The van der Waals surface area contributed by atoms with Gasteiger partial charge in [0.2, 0.25) is 0 Å². The van der Waals surface area contributed by atoms with Crippen LogP contribution in [0.4, 0.5) is 10.1 Å². The number of benzene rings is 2. The van der Waals surface area contributed by atoms with Crippen LogP contribution in [0.2, 0.25) is 0 Å². The Morgan fingerprint density at radius 2 is 1.90 bits per heavy atom. The van der Waals surface area contributed by atoms with Gasteiger partial charge in [-0.15, -0.1) is 0 Å².